The maximum atomic E-state index is 13.5. The molecule has 1 saturated heterocycles. The quantitative estimate of drug-likeness (QED) is 0.615. The minimum Gasteiger partial charge on any atom is -0.280 e. The molecule has 2 aliphatic rings. The molecule has 0 bridgehead atoms. The average Bonchev–Trinajstić information content (AvgIpc) is 2.27. The molecule has 0 aromatic heterocycles. The van der Waals surface area contributed by atoms with Gasteiger partial charge in [-0.1, -0.05) is 19.3 Å². The number of hydrogen-bond donors (Lipinski definition) is 1. The van der Waals surface area contributed by atoms with Crippen molar-refractivity contribution in [1.82, 2.24) is 4.90 Å². The van der Waals surface area contributed by atoms with Gasteiger partial charge in [0.1, 0.15) is 0 Å². The summed E-state index contributed by atoms with van der Waals surface area (Å²) in [6, 6.07) is 0. The molecular weight excluding hydrogens is 252 g/mol. The Morgan fingerprint density at radius 2 is 1.71 bits per heavy atom. The number of nitrogens with zero attached hydrogens (tertiary/aromatic N) is 1. The van der Waals surface area contributed by atoms with Crippen LogP contribution in [0, 0.1) is 11.8 Å². The summed E-state index contributed by atoms with van der Waals surface area (Å²) in [5.74, 6) is 0.585. The first-order valence-corrected chi connectivity index (χ1v) is 7.36. The van der Waals surface area contributed by atoms with E-state index in [1.165, 1.54) is 0 Å². The van der Waals surface area contributed by atoms with E-state index in [1.54, 1.807) is 0 Å². The number of hydrogen-bond acceptors (Lipinski definition) is 3. The standard InChI is InChI=1S/C10H17F2NO3S/c11-10(12,17(14,15)16)13-6-5-8-3-1-2-4-9(8)7-13/h8-9H,1-7H2,(H,14,15,16). The van der Waals surface area contributed by atoms with Crippen molar-refractivity contribution in [1.29, 1.82) is 0 Å². The third-order valence-corrected chi connectivity index (χ3v) is 4.85. The van der Waals surface area contributed by atoms with E-state index in [9.17, 15) is 17.2 Å². The van der Waals surface area contributed by atoms with Gasteiger partial charge in [0.2, 0.25) is 0 Å². The number of piperidine rings is 1. The number of alkyl halides is 2. The first-order valence-electron chi connectivity index (χ1n) is 5.92. The Bertz CT molecular complexity index is 385. The summed E-state index contributed by atoms with van der Waals surface area (Å²) < 4.78 is 56.9. The van der Waals surface area contributed by atoms with Gasteiger partial charge < -0.3 is 0 Å². The molecule has 2 fully saturated rings. The highest BCUT2D eigenvalue weighted by atomic mass is 32.2. The molecule has 17 heavy (non-hydrogen) atoms. The van der Waals surface area contributed by atoms with Crippen LogP contribution < -0.4 is 0 Å². The van der Waals surface area contributed by atoms with Crippen molar-refractivity contribution in [2.24, 2.45) is 11.8 Å². The number of halogens is 2. The molecule has 7 heteroatoms. The van der Waals surface area contributed by atoms with Crippen LogP contribution in [0.4, 0.5) is 8.78 Å². The van der Waals surface area contributed by atoms with Gasteiger partial charge in [-0.2, -0.15) is 17.2 Å². The number of rotatable bonds is 2. The second kappa shape index (κ2) is 4.44. The molecule has 2 unspecified atom stereocenters. The average molecular weight is 269 g/mol. The topological polar surface area (TPSA) is 57.6 Å². The van der Waals surface area contributed by atoms with Crippen LogP contribution in [0.15, 0.2) is 0 Å². The molecule has 2 atom stereocenters. The Morgan fingerprint density at radius 3 is 2.29 bits per heavy atom. The second-order valence-corrected chi connectivity index (χ2v) is 6.44. The Hall–Kier alpha value is -0.270. The van der Waals surface area contributed by atoms with Crippen molar-refractivity contribution >= 4 is 10.1 Å². The summed E-state index contributed by atoms with van der Waals surface area (Å²) in [6.07, 6.45) is 4.68. The highest BCUT2D eigenvalue weighted by Gasteiger charge is 2.52. The molecule has 1 aliphatic heterocycles. The van der Waals surface area contributed by atoms with Crippen molar-refractivity contribution in [3.8, 4) is 0 Å². The van der Waals surface area contributed by atoms with Gasteiger partial charge in [-0.25, -0.2) is 4.90 Å². The fourth-order valence-corrected chi connectivity index (χ4v) is 3.49. The second-order valence-electron chi connectivity index (χ2n) is 5.00. The number of fused-ring (bicyclic) bond motifs is 1. The van der Waals surface area contributed by atoms with Crippen molar-refractivity contribution in [2.75, 3.05) is 13.1 Å². The lowest BCUT2D eigenvalue weighted by Gasteiger charge is -2.42. The Kier molecular flexibility index (Phi) is 3.44. The Morgan fingerprint density at radius 1 is 1.12 bits per heavy atom. The lowest BCUT2D eigenvalue weighted by molar-refractivity contribution is -0.108. The molecule has 1 heterocycles. The van der Waals surface area contributed by atoms with E-state index < -0.39 is 15.5 Å². The zero-order valence-electron chi connectivity index (χ0n) is 9.48. The van der Waals surface area contributed by atoms with Gasteiger partial charge >= 0.3 is 15.5 Å². The highest BCUT2D eigenvalue weighted by molar-refractivity contribution is 7.86. The molecule has 2 rings (SSSR count). The van der Waals surface area contributed by atoms with E-state index in [0.717, 1.165) is 25.7 Å². The number of likely N-dealkylation sites (tertiary alicyclic amines) is 1. The molecule has 0 amide bonds. The van der Waals surface area contributed by atoms with E-state index in [1.807, 2.05) is 0 Å². The van der Waals surface area contributed by atoms with Crippen LogP contribution in [0.25, 0.3) is 0 Å². The van der Waals surface area contributed by atoms with Gasteiger partial charge in [-0.15, -0.1) is 0 Å². The van der Waals surface area contributed by atoms with E-state index in [2.05, 4.69) is 0 Å². The van der Waals surface area contributed by atoms with E-state index >= 15 is 0 Å². The molecule has 0 radical (unpaired) electrons. The van der Waals surface area contributed by atoms with Gasteiger partial charge in [0.05, 0.1) is 0 Å². The molecule has 0 spiro atoms. The zero-order valence-corrected chi connectivity index (χ0v) is 10.3. The fraction of sp³-hybridized carbons (Fsp3) is 1.00. The van der Waals surface area contributed by atoms with Gasteiger partial charge in [0.25, 0.3) is 0 Å². The predicted octanol–water partition coefficient (Wildman–Crippen LogP) is 1.94. The van der Waals surface area contributed by atoms with Crippen LogP contribution >= 0.6 is 0 Å². The van der Waals surface area contributed by atoms with E-state index in [0.29, 0.717) is 17.2 Å². The largest absolute Gasteiger partial charge is 0.431 e. The Balaban J connectivity index is 2.10. The van der Waals surface area contributed by atoms with Crippen molar-refractivity contribution in [3.05, 3.63) is 0 Å². The molecule has 4 nitrogen and oxygen atoms in total. The third kappa shape index (κ3) is 2.46. The molecule has 1 aliphatic carbocycles. The Labute approximate surface area is 99.7 Å². The SMILES string of the molecule is O=S(=O)(O)C(F)(F)N1CCC2CCCCC2C1. The molecule has 0 aromatic rings. The van der Waals surface area contributed by atoms with Crippen LogP contribution in [-0.2, 0) is 10.1 Å². The molecular formula is C10H17F2NO3S. The van der Waals surface area contributed by atoms with E-state index in [4.69, 9.17) is 4.55 Å². The maximum absolute atomic E-state index is 13.5. The summed E-state index contributed by atoms with van der Waals surface area (Å²) in [5, 5.41) is -4.14. The molecule has 1 saturated carbocycles. The van der Waals surface area contributed by atoms with Crippen molar-refractivity contribution < 1.29 is 21.8 Å². The smallest absolute Gasteiger partial charge is 0.280 e. The van der Waals surface area contributed by atoms with Crippen LogP contribution in [-0.4, -0.2) is 36.3 Å². The molecule has 100 valence electrons. The highest BCUT2D eigenvalue weighted by Crippen LogP contribution is 2.39. The van der Waals surface area contributed by atoms with E-state index in [-0.39, 0.29) is 19.0 Å². The minimum absolute atomic E-state index is 0.0357. The van der Waals surface area contributed by atoms with Crippen LogP contribution in [0.1, 0.15) is 32.1 Å². The van der Waals surface area contributed by atoms with Crippen LogP contribution in [0.2, 0.25) is 0 Å². The fourth-order valence-electron chi connectivity index (χ4n) is 3.00. The van der Waals surface area contributed by atoms with Gasteiger partial charge in [0.15, 0.2) is 0 Å². The zero-order chi connectivity index (χ0) is 12.7. The summed E-state index contributed by atoms with van der Waals surface area (Å²) >= 11 is 0. The third-order valence-electron chi connectivity index (χ3n) is 3.97. The summed E-state index contributed by atoms with van der Waals surface area (Å²) in [4.78, 5) is 0.606. The lowest BCUT2D eigenvalue weighted by Crippen LogP contribution is -2.53. The van der Waals surface area contributed by atoms with Crippen LogP contribution in [0.3, 0.4) is 0 Å². The lowest BCUT2D eigenvalue weighted by atomic mass is 9.75. The summed E-state index contributed by atoms with van der Waals surface area (Å²) in [6.45, 7) is 0.103. The predicted molar refractivity (Wildman–Crippen MR) is 58.1 cm³/mol. The van der Waals surface area contributed by atoms with Gasteiger partial charge in [-0.05, 0) is 24.7 Å². The first-order chi connectivity index (χ1) is 7.82. The monoisotopic (exact) mass is 269 g/mol. The summed E-state index contributed by atoms with van der Waals surface area (Å²) in [7, 11) is -5.35. The summed E-state index contributed by atoms with van der Waals surface area (Å²) in [5.41, 5.74) is 0. The van der Waals surface area contributed by atoms with Gasteiger partial charge in [0, 0.05) is 13.1 Å². The minimum atomic E-state index is -5.35. The molecule has 1 N–H and O–H groups in total. The van der Waals surface area contributed by atoms with Crippen molar-refractivity contribution in [3.63, 3.8) is 0 Å². The maximum Gasteiger partial charge on any atom is 0.431 e. The molecule has 0 aromatic carbocycles. The van der Waals surface area contributed by atoms with Crippen LogP contribution in [0.5, 0.6) is 0 Å². The first kappa shape index (κ1) is 13.2. The normalized spacial score (nSPS) is 32.2. The van der Waals surface area contributed by atoms with Crippen molar-refractivity contribution in [2.45, 2.75) is 37.5 Å². The van der Waals surface area contributed by atoms with Gasteiger partial charge in [-0.3, -0.25) is 4.55 Å².